The Morgan fingerprint density at radius 3 is 1.88 bits per heavy atom. The van der Waals surface area contributed by atoms with Crippen molar-refractivity contribution in [1.82, 2.24) is 4.90 Å². The number of carbonyl (C=O) groups excluding carboxylic acids is 1. The Labute approximate surface area is 248 Å². The van der Waals surface area contributed by atoms with Crippen LogP contribution in [0, 0.1) is 11.8 Å². The van der Waals surface area contributed by atoms with Crippen molar-refractivity contribution in [2.45, 2.75) is 36.7 Å². The molecule has 1 aliphatic heterocycles. The molecule has 4 aromatic rings. The Morgan fingerprint density at radius 1 is 0.738 bits per heavy atom. The first-order valence-corrected chi connectivity index (χ1v) is 14.8. The van der Waals surface area contributed by atoms with Crippen molar-refractivity contribution in [2.75, 3.05) is 27.3 Å². The van der Waals surface area contributed by atoms with E-state index in [9.17, 15) is 9.90 Å². The zero-order valence-electron chi connectivity index (χ0n) is 24.6. The number of ether oxygens (including phenoxy) is 2. The highest BCUT2D eigenvalue weighted by Crippen LogP contribution is 2.60. The summed E-state index contributed by atoms with van der Waals surface area (Å²) in [5.41, 5.74) is 2.58. The molecular weight excluding hydrogens is 522 g/mol. The van der Waals surface area contributed by atoms with E-state index in [-0.39, 0.29) is 29.1 Å². The predicted molar refractivity (Wildman–Crippen MR) is 165 cm³/mol. The minimum absolute atomic E-state index is 0.0280. The van der Waals surface area contributed by atoms with Gasteiger partial charge in [0.1, 0.15) is 11.5 Å². The lowest BCUT2D eigenvalue weighted by molar-refractivity contribution is -0.132. The van der Waals surface area contributed by atoms with Crippen LogP contribution in [0.15, 0.2) is 109 Å². The van der Waals surface area contributed by atoms with Crippen molar-refractivity contribution in [1.29, 1.82) is 0 Å². The lowest BCUT2D eigenvalue weighted by atomic mass is 9.52. The molecule has 1 N–H and O–H groups in total. The van der Waals surface area contributed by atoms with E-state index in [0.29, 0.717) is 31.0 Å². The molecule has 0 aromatic heterocycles. The Bertz CT molecular complexity index is 1500. The summed E-state index contributed by atoms with van der Waals surface area (Å²) in [5, 5.41) is 12.8. The molecule has 1 heterocycles. The van der Waals surface area contributed by atoms with Gasteiger partial charge in [-0.15, -0.1) is 0 Å². The van der Waals surface area contributed by atoms with Gasteiger partial charge < -0.3 is 19.5 Å². The van der Waals surface area contributed by atoms with E-state index in [1.807, 2.05) is 72.5 Å². The van der Waals surface area contributed by atoms with Crippen molar-refractivity contribution in [3.8, 4) is 11.5 Å². The summed E-state index contributed by atoms with van der Waals surface area (Å²) in [6, 6.07) is 36.8. The Kier molecular flexibility index (Phi) is 7.54. The smallest absolute Gasteiger partial charge is 0.229 e. The summed E-state index contributed by atoms with van der Waals surface area (Å²) in [5.74, 6) is 0.813. The zero-order chi connectivity index (χ0) is 29.3. The fourth-order valence-electron chi connectivity index (χ4n) is 7.85. The summed E-state index contributed by atoms with van der Waals surface area (Å²) < 4.78 is 11.4. The number of likely N-dealkylation sites (tertiary alicyclic amines) is 1. The van der Waals surface area contributed by atoms with E-state index in [2.05, 4.69) is 48.5 Å². The fraction of sp³-hybridized carbons (Fsp3) is 0.324. The molecule has 0 radical (unpaired) electrons. The van der Waals surface area contributed by atoms with E-state index >= 15 is 0 Å². The minimum atomic E-state index is -1.16. The number of para-hydroxylation sites is 2. The monoisotopic (exact) mass is 561 g/mol. The van der Waals surface area contributed by atoms with Crippen molar-refractivity contribution in [3.05, 3.63) is 131 Å². The molecule has 2 aliphatic rings. The third kappa shape index (κ3) is 4.47. The molecule has 42 heavy (non-hydrogen) atoms. The van der Waals surface area contributed by atoms with Crippen LogP contribution in [0.25, 0.3) is 0 Å². The van der Waals surface area contributed by atoms with Crippen molar-refractivity contribution in [2.24, 2.45) is 11.8 Å². The quantitative estimate of drug-likeness (QED) is 0.278. The second-order valence-electron chi connectivity index (χ2n) is 11.7. The lowest BCUT2D eigenvalue weighted by Gasteiger charge is -2.53. The Hall–Kier alpha value is -4.09. The second-order valence-corrected chi connectivity index (χ2v) is 11.7. The Morgan fingerprint density at radius 2 is 1.26 bits per heavy atom. The average Bonchev–Trinajstić information content (AvgIpc) is 3.52. The highest BCUT2D eigenvalue weighted by molar-refractivity contribution is 5.84. The first-order chi connectivity index (χ1) is 20.4. The van der Waals surface area contributed by atoms with Crippen LogP contribution in [0.5, 0.6) is 11.5 Å². The number of hydrogen-bond donors (Lipinski definition) is 1. The van der Waals surface area contributed by atoms with Gasteiger partial charge in [0.25, 0.3) is 0 Å². The fourth-order valence-corrected chi connectivity index (χ4v) is 7.85. The first kappa shape index (κ1) is 28.0. The number of aliphatic hydroxyl groups is 1. The maximum Gasteiger partial charge on any atom is 0.229 e. The van der Waals surface area contributed by atoms with Gasteiger partial charge in [-0.05, 0) is 48.9 Å². The highest BCUT2D eigenvalue weighted by Gasteiger charge is 2.61. The van der Waals surface area contributed by atoms with E-state index in [1.54, 1.807) is 14.2 Å². The van der Waals surface area contributed by atoms with E-state index < -0.39 is 5.60 Å². The summed E-state index contributed by atoms with van der Waals surface area (Å²) >= 11 is 0. The molecule has 5 heteroatoms. The standard InChI is InChI=1S/C37H39NO4/c1-26(29-18-10-12-20-33(29)41-2)35(39)38-24-31-32(25-38)37(40,30-19-11-13-21-34(30)42-3)23-22-36(31,27-14-6-4-7-15-27)28-16-8-5-9-17-28/h4-21,26,31-32,40H,22-25H2,1-3H3/t26-,31?,32-,37-/m1/s1. The molecule has 0 spiro atoms. The summed E-state index contributed by atoms with van der Waals surface area (Å²) in [6.45, 7) is 2.96. The van der Waals surface area contributed by atoms with Crippen LogP contribution in [-0.2, 0) is 15.8 Å². The predicted octanol–water partition coefficient (Wildman–Crippen LogP) is 6.55. The number of amides is 1. The van der Waals surface area contributed by atoms with E-state index in [1.165, 1.54) is 11.1 Å². The van der Waals surface area contributed by atoms with Gasteiger partial charge in [0, 0.05) is 35.5 Å². The normalized spacial score (nSPS) is 23.6. The molecule has 1 saturated carbocycles. The molecule has 1 saturated heterocycles. The molecule has 4 aromatic carbocycles. The molecule has 6 rings (SSSR count). The number of hydrogen-bond acceptors (Lipinski definition) is 4. The van der Waals surface area contributed by atoms with Gasteiger partial charge in [-0.3, -0.25) is 4.79 Å². The molecule has 4 atom stereocenters. The molecule has 216 valence electrons. The largest absolute Gasteiger partial charge is 0.496 e. The van der Waals surface area contributed by atoms with E-state index in [0.717, 1.165) is 17.5 Å². The van der Waals surface area contributed by atoms with Crippen LogP contribution in [0.1, 0.15) is 47.9 Å². The van der Waals surface area contributed by atoms with Crippen molar-refractivity contribution in [3.63, 3.8) is 0 Å². The van der Waals surface area contributed by atoms with Gasteiger partial charge >= 0.3 is 0 Å². The van der Waals surface area contributed by atoms with E-state index in [4.69, 9.17) is 9.47 Å². The number of methoxy groups -OCH3 is 2. The molecule has 1 amide bonds. The second kappa shape index (κ2) is 11.3. The van der Waals surface area contributed by atoms with Gasteiger partial charge in [-0.1, -0.05) is 97.1 Å². The summed E-state index contributed by atoms with van der Waals surface area (Å²) in [6.07, 6.45) is 1.28. The third-order valence-corrected chi connectivity index (χ3v) is 9.91. The van der Waals surface area contributed by atoms with Crippen LogP contribution in [-0.4, -0.2) is 43.2 Å². The zero-order valence-corrected chi connectivity index (χ0v) is 24.6. The van der Waals surface area contributed by atoms with Crippen molar-refractivity contribution < 1.29 is 19.4 Å². The number of rotatable bonds is 7. The summed E-state index contributed by atoms with van der Waals surface area (Å²) in [4.78, 5) is 16.3. The topological polar surface area (TPSA) is 59.0 Å². The van der Waals surface area contributed by atoms with Gasteiger partial charge in [-0.25, -0.2) is 0 Å². The lowest BCUT2D eigenvalue weighted by Crippen LogP contribution is -2.53. The molecule has 1 unspecified atom stereocenters. The maximum atomic E-state index is 14.3. The SMILES string of the molecule is COc1ccccc1[C@@H](C)C(=O)N1CC2[C@@H](C1)[C@](O)(c1ccccc1OC)CCC2(c1ccccc1)c1ccccc1. The summed E-state index contributed by atoms with van der Waals surface area (Å²) in [7, 11) is 3.29. The number of fused-ring (bicyclic) bond motifs is 1. The molecule has 1 aliphatic carbocycles. The molecule has 5 nitrogen and oxygen atoms in total. The Balaban J connectivity index is 1.49. The molecular formula is C37H39NO4. The number of carbonyl (C=O) groups is 1. The van der Waals surface area contributed by atoms with Gasteiger partial charge in [0.2, 0.25) is 5.91 Å². The van der Waals surface area contributed by atoms with Crippen LogP contribution in [0.4, 0.5) is 0 Å². The van der Waals surface area contributed by atoms with Crippen LogP contribution < -0.4 is 9.47 Å². The van der Waals surface area contributed by atoms with Crippen LogP contribution >= 0.6 is 0 Å². The van der Waals surface area contributed by atoms with Crippen LogP contribution in [0.2, 0.25) is 0 Å². The van der Waals surface area contributed by atoms with Gasteiger partial charge in [-0.2, -0.15) is 0 Å². The number of benzene rings is 4. The molecule has 0 bridgehead atoms. The molecule has 2 fully saturated rings. The highest BCUT2D eigenvalue weighted by atomic mass is 16.5. The first-order valence-electron chi connectivity index (χ1n) is 14.8. The van der Waals surface area contributed by atoms with Gasteiger partial charge in [0.15, 0.2) is 0 Å². The maximum absolute atomic E-state index is 14.3. The average molecular weight is 562 g/mol. The minimum Gasteiger partial charge on any atom is -0.496 e. The van der Waals surface area contributed by atoms with Crippen molar-refractivity contribution >= 4 is 5.91 Å². The number of nitrogens with zero attached hydrogens (tertiary/aromatic N) is 1. The van der Waals surface area contributed by atoms with Gasteiger partial charge in [0.05, 0.1) is 25.7 Å². The van der Waals surface area contributed by atoms with Crippen LogP contribution in [0.3, 0.4) is 0 Å². The third-order valence-electron chi connectivity index (χ3n) is 9.91.